The summed E-state index contributed by atoms with van der Waals surface area (Å²) in [4.78, 5) is 59.8. The minimum absolute atomic E-state index is 0.0321. The predicted octanol–water partition coefficient (Wildman–Crippen LogP) is 11.0. The van der Waals surface area contributed by atoms with E-state index in [1.165, 1.54) is 0 Å². The molecule has 0 amide bonds. The smallest absolute Gasteiger partial charge is 0.342 e. The summed E-state index contributed by atoms with van der Waals surface area (Å²) in [6, 6.07) is 59.2. The predicted molar refractivity (Wildman–Crippen MR) is 276 cm³/mol. The van der Waals surface area contributed by atoms with E-state index in [1.807, 2.05) is 170 Å². The number of rotatable bonds is 20. The number of carbonyl (C=O) groups excluding carboxylic acids is 4. The van der Waals surface area contributed by atoms with Gasteiger partial charge in [0.25, 0.3) is 0 Å². The van der Waals surface area contributed by atoms with Crippen LogP contribution in [-0.4, -0.2) is 62.5 Å². The number of benzene rings is 8. The molecule has 2 aliphatic heterocycles. The summed E-state index contributed by atoms with van der Waals surface area (Å²) in [6.45, 7) is 0.596. The van der Waals surface area contributed by atoms with Crippen LogP contribution in [0.2, 0.25) is 0 Å². The lowest BCUT2D eigenvalue weighted by Gasteiger charge is -2.35. The number of fused-ring (bicyclic) bond motifs is 3. The first-order chi connectivity index (χ1) is 36.8. The second-order valence-electron chi connectivity index (χ2n) is 18.4. The molecule has 12 heteroatoms. The number of ether oxygens (including phenoxy) is 8. The minimum atomic E-state index is -1.50. The lowest BCUT2D eigenvalue weighted by molar-refractivity contribution is 0.0442. The number of esters is 4. The van der Waals surface area contributed by atoms with Gasteiger partial charge in [-0.1, -0.05) is 170 Å². The Labute approximate surface area is 433 Å². The van der Waals surface area contributed by atoms with Gasteiger partial charge < -0.3 is 37.9 Å². The van der Waals surface area contributed by atoms with Crippen LogP contribution in [0.5, 0.6) is 11.5 Å². The summed E-state index contributed by atoms with van der Waals surface area (Å²) in [5.41, 5.74) is 5.05. The molecular formula is C63H50O12. The fourth-order valence-corrected chi connectivity index (χ4v) is 9.52. The highest BCUT2D eigenvalue weighted by Crippen LogP contribution is 2.57. The Morgan fingerprint density at radius 3 is 0.933 bits per heavy atom. The van der Waals surface area contributed by atoms with Crippen molar-refractivity contribution < 1.29 is 57.1 Å². The van der Waals surface area contributed by atoms with Crippen LogP contribution < -0.4 is 9.47 Å². The molecule has 0 N–H and O–H groups in total. The monoisotopic (exact) mass is 998 g/mol. The Kier molecular flexibility index (Phi) is 14.0. The van der Waals surface area contributed by atoms with Gasteiger partial charge in [-0.25, -0.2) is 19.2 Å². The van der Waals surface area contributed by atoms with Crippen LogP contribution in [0.4, 0.5) is 0 Å². The lowest BCUT2D eigenvalue weighted by atomic mass is 9.66. The van der Waals surface area contributed by atoms with E-state index in [4.69, 9.17) is 37.9 Å². The van der Waals surface area contributed by atoms with Gasteiger partial charge in [-0.05, 0) is 79.9 Å². The highest BCUT2D eigenvalue weighted by atomic mass is 16.6. The van der Waals surface area contributed by atoms with Gasteiger partial charge in [0, 0.05) is 0 Å². The number of epoxide rings is 2. The molecule has 374 valence electrons. The summed E-state index contributed by atoms with van der Waals surface area (Å²) < 4.78 is 48.3. The molecule has 2 saturated heterocycles. The summed E-state index contributed by atoms with van der Waals surface area (Å²) in [5.74, 6) is -3.22. The Balaban J connectivity index is 1.16. The van der Waals surface area contributed by atoms with Crippen LogP contribution in [-0.2, 0) is 60.3 Å². The molecule has 12 nitrogen and oxygen atoms in total. The number of hydrogen-bond donors (Lipinski definition) is 0. The number of hydrogen-bond acceptors (Lipinski definition) is 12. The molecule has 2 atom stereocenters. The molecule has 2 fully saturated rings. The normalized spacial score (nSPS) is 15.4. The second-order valence-corrected chi connectivity index (χ2v) is 18.4. The van der Waals surface area contributed by atoms with Crippen molar-refractivity contribution in [3.8, 4) is 22.6 Å². The standard InChI is InChI=1S/C63H50O12/c64-59(72-33-41-17-5-1-6-18-41)51-29-45(30-52(57(51)70-39-47-37-68-47)60(65)73-34-42-19-7-2-8-20-42)63(55-27-15-13-25-49(55)50-26-14-16-28-56(50)63)46-31-53(61(66)74-35-43-21-9-3-10-22-43)58(71-40-48-38-69-48)54(32-46)62(67)75-36-44-23-11-4-12-24-44/h1-32,47-48H,33-40H2. The van der Waals surface area contributed by atoms with Gasteiger partial charge in [0.05, 0.1) is 18.6 Å². The zero-order chi connectivity index (χ0) is 51.1. The van der Waals surface area contributed by atoms with Crippen molar-refractivity contribution >= 4 is 23.9 Å². The lowest BCUT2D eigenvalue weighted by Crippen LogP contribution is -2.31. The van der Waals surface area contributed by atoms with Gasteiger partial charge in [-0.2, -0.15) is 0 Å². The van der Waals surface area contributed by atoms with Gasteiger partial charge in [0.1, 0.15) is 85.6 Å². The van der Waals surface area contributed by atoms with E-state index in [1.54, 1.807) is 24.3 Å². The zero-order valence-corrected chi connectivity index (χ0v) is 40.7. The van der Waals surface area contributed by atoms with E-state index in [0.29, 0.717) is 35.5 Å². The summed E-state index contributed by atoms with van der Waals surface area (Å²) in [6.07, 6.45) is -0.531. The fraction of sp³-hybridized carbons (Fsp3) is 0.175. The molecule has 3 aliphatic rings. The third-order valence-corrected chi connectivity index (χ3v) is 13.4. The van der Waals surface area contributed by atoms with Crippen LogP contribution in [0.25, 0.3) is 11.1 Å². The molecule has 0 spiro atoms. The molecule has 0 radical (unpaired) electrons. The first-order valence-electron chi connectivity index (χ1n) is 24.7. The van der Waals surface area contributed by atoms with Crippen LogP contribution in [0.3, 0.4) is 0 Å². The molecule has 0 saturated carbocycles. The van der Waals surface area contributed by atoms with Crippen molar-refractivity contribution in [2.45, 2.75) is 44.1 Å². The highest BCUT2D eigenvalue weighted by molar-refractivity contribution is 6.03. The van der Waals surface area contributed by atoms with Crippen LogP contribution >= 0.6 is 0 Å². The van der Waals surface area contributed by atoms with Gasteiger partial charge in [-0.3, -0.25) is 0 Å². The van der Waals surface area contributed by atoms with E-state index in [0.717, 1.165) is 33.4 Å². The average molecular weight is 999 g/mol. The van der Waals surface area contributed by atoms with Crippen LogP contribution in [0.15, 0.2) is 194 Å². The van der Waals surface area contributed by atoms with E-state index in [2.05, 4.69) is 0 Å². The van der Waals surface area contributed by atoms with Gasteiger partial charge >= 0.3 is 23.9 Å². The van der Waals surface area contributed by atoms with Crippen molar-refractivity contribution in [2.24, 2.45) is 0 Å². The van der Waals surface area contributed by atoms with Crippen LogP contribution in [0.1, 0.15) is 85.9 Å². The number of carbonyl (C=O) groups is 4. The first-order valence-corrected chi connectivity index (χ1v) is 24.7. The maximum atomic E-state index is 15.0. The minimum Gasteiger partial charge on any atom is -0.489 e. The van der Waals surface area contributed by atoms with E-state index in [9.17, 15) is 19.2 Å². The molecule has 0 bridgehead atoms. The Bertz CT molecular complexity index is 2990. The zero-order valence-electron chi connectivity index (χ0n) is 40.7. The van der Waals surface area contributed by atoms with Crippen molar-refractivity contribution in [1.82, 2.24) is 0 Å². The molecule has 75 heavy (non-hydrogen) atoms. The maximum absolute atomic E-state index is 15.0. The second kappa shape index (κ2) is 21.7. The van der Waals surface area contributed by atoms with Crippen molar-refractivity contribution in [2.75, 3.05) is 26.4 Å². The van der Waals surface area contributed by atoms with Crippen molar-refractivity contribution in [1.29, 1.82) is 0 Å². The van der Waals surface area contributed by atoms with E-state index >= 15 is 0 Å². The Morgan fingerprint density at radius 1 is 0.387 bits per heavy atom. The van der Waals surface area contributed by atoms with Gasteiger partial charge in [0.15, 0.2) is 0 Å². The first kappa shape index (κ1) is 48.4. The molecule has 8 aromatic carbocycles. The van der Waals surface area contributed by atoms with Crippen molar-refractivity contribution in [3.63, 3.8) is 0 Å². The summed E-state index contributed by atoms with van der Waals surface area (Å²) >= 11 is 0. The molecule has 11 rings (SSSR count). The molecular weight excluding hydrogens is 949 g/mol. The van der Waals surface area contributed by atoms with Crippen molar-refractivity contribution in [3.05, 3.63) is 261 Å². The molecule has 1 aliphatic carbocycles. The quantitative estimate of drug-likeness (QED) is 0.0406. The maximum Gasteiger partial charge on any atom is 0.342 e. The molecule has 2 heterocycles. The SMILES string of the molecule is O=C(OCc1ccccc1)c1cc(C2(c3cc(C(=O)OCc4ccccc4)c(OCC4CO4)c(C(=O)OCc4ccccc4)c3)c3ccccc3-c3ccccc32)cc(C(=O)OCc2ccccc2)c1OCC1CO1. The topological polar surface area (TPSA) is 149 Å². The van der Waals surface area contributed by atoms with Gasteiger partial charge in [-0.15, -0.1) is 0 Å². The third-order valence-electron chi connectivity index (χ3n) is 13.4. The van der Waals surface area contributed by atoms with Crippen LogP contribution in [0, 0.1) is 0 Å². The van der Waals surface area contributed by atoms with Gasteiger partial charge in [0.2, 0.25) is 0 Å². The molecule has 0 aromatic heterocycles. The Hall–Kier alpha value is -8.84. The third kappa shape index (κ3) is 10.5. The summed E-state index contributed by atoms with van der Waals surface area (Å²) in [7, 11) is 0. The largest absolute Gasteiger partial charge is 0.489 e. The summed E-state index contributed by atoms with van der Waals surface area (Å²) in [5, 5.41) is 0. The molecule has 2 unspecified atom stereocenters. The highest BCUT2D eigenvalue weighted by Gasteiger charge is 2.49. The fourth-order valence-electron chi connectivity index (χ4n) is 9.52. The van der Waals surface area contributed by atoms with E-state index < -0.39 is 29.3 Å². The van der Waals surface area contributed by atoms with E-state index in [-0.39, 0.29) is 85.6 Å². The Morgan fingerprint density at radius 2 is 0.653 bits per heavy atom. The molecule has 8 aromatic rings. The average Bonchev–Trinajstić information content (AvgIpc) is 4.45.